The van der Waals surface area contributed by atoms with Crippen molar-refractivity contribution in [1.29, 1.82) is 0 Å². The molecular formula is C25H27N3O4. The summed E-state index contributed by atoms with van der Waals surface area (Å²) in [6, 6.07) is 16.7. The van der Waals surface area contributed by atoms with Gasteiger partial charge in [-0.3, -0.25) is 4.90 Å². The molecule has 2 aliphatic heterocycles. The molecule has 2 amide bonds. The van der Waals surface area contributed by atoms with Crippen LogP contribution in [-0.2, 0) is 9.53 Å². The minimum absolute atomic E-state index is 0.349. The average Bonchev–Trinajstić information content (AvgIpc) is 2.84. The van der Waals surface area contributed by atoms with Crippen molar-refractivity contribution in [2.45, 2.75) is 12.5 Å². The lowest BCUT2D eigenvalue weighted by Crippen LogP contribution is -2.48. The number of hydrogen-bond donors (Lipinski definition) is 2. The monoisotopic (exact) mass is 433 g/mol. The molecule has 0 bridgehead atoms. The zero-order valence-corrected chi connectivity index (χ0v) is 18.3. The van der Waals surface area contributed by atoms with Crippen molar-refractivity contribution in [2.24, 2.45) is 0 Å². The fourth-order valence-electron chi connectivity index (χ4n) is 4.16. The number of nitrogens with zero attached hydrogens (tertiary/aromatic N) is 1. The van der Waals surface area contributed by atoms with Gasteiger partial charge in [-0.15, -0.1) is 0 Å². The zero-order chi connectivity index (χ0) is 22.5. The molecule has 0 saturated carbocycles. The summed E-state index contributed by atoms with van der Waals surface area (Å²) in [5, 5.41) is 5.69. The Morgan fingerprint density at radius 1 is 1.12 bits per heavy atom. The summed E-state index contributed by atoms with van der Waals surface area (Å²) in [6.07, 6.45) is 3.11. The van der Waals surface area contributed by atoms with Gasteiger partial charge in [0.25, 0.3) is 0 Å². The Labute approximate surface area is 187 Å². The van der Waals surface area contributed by atoms with E-state index in [9.17, 15) is 9.59 Å². The third-order valence-corrected chi connectivity index (χ3v) is 5.81. The van der Waals surface area contributed by atoms with Crippen molar-refractivity contribution in [3.63, 3.8) is 0 Å². The van der Waals surface area contributed by atoms with E-state index >= 15 is 0 Å². The van der Waals surface area contributed by atoms with E-state index in [0.717, 1.165) is 25.1 Å². The Hall–Kier alpha value is -3.58. The highest BCUT2D eigenvalue weighted by Gasteiger charge is 2.34. The van der Waals surface area contributed by atoms with E-state index in [-0.39, 0.29) is 6.03 Å². The first-order chi connectivity index (χ1) is 15.6. The number of hydrogen-bond acceptors (Lipinski definition) is 5. The summed E-state index contributed by atoms with van der Waals surface area (Å²) in [5.74, 6) is 0.175. The molecule has 4 rings (SSSR count). The first-order valence-electron chi connectivity index (χ1n) is 10.6. The molecule has 0 spiro atoms. The second-order valence-electron chi connectivity index (χ2n) is 7.77. The fourth-order valence-corrected chi connectivity index (χ4v) is 4.16. The van der Waals surface area contributed by atoms with Gasteiger partial charge < -0.3 is 20.1 Å². The molecule has 2 heterocycles. The standard InChI is InChI=1S/C25H27N3O4/c1-31-20-10-6-9-19(15-20)23-22(24(29)32-2)21(26-25(30)27-23)16-28-13-11-18(12-14-28)17-7-4-3-5-8-17/h3-11,15,23H,12-14,16H2,1-2H3,(H2,26,27,30)/t23-/m1/s1. The molecular weight excluding hydrogens is 406 g/mol. The number of amides is 2. The molecule has 166 valence electrons. The maximum atomic E-state index is 12.8. The van der Waals surface area contributed by atoms with E-state index in [1.54, 1.807) is 7.11 Å². The molecule has 0 saturated heterocycles. The van der Waals surface area contributed by atoms with E-state index in [2.05, 4.69) is 33.7 Å². The van der Waals surface area contributed by atoms with Crippen LogP contribution < -0.4 is 15.4 Å². The number of esters is 1. The fraction of sp³-hybridized carbons (Fsp3) is 0.280. The first-order valence-corrected chi connectivity index (χ1v) is 10.6. The Balaban J connectivity index is 1.61. The van der Waals surface area contributed by atoms with Gasteiger partial charge in [-0.1, -0.05) is 48.5 Å². The molecule has 0 aromatic heterocycles. The summed E-state index contributed by atoms with van der Waals surface area (Å²) in [6.45, 7) is 2.00. The van der Waals surface area contributed by atoms with E-state index < -0.39 is 12.0 Å². The molecule has 7 nitrogen and oxygen atoms in total. The lowest BCUT2D eigenvalue weighted by molar-refractivity contribution is -0.136. The van der Waals surface area contributed by atoms with Crippen LogP contribution in [-0.4, -0.2) is 50.8 Å². The van der Waals surface area contributed by atoms with E-state index in [4.69, 9.17) is 9.47 Å². The van der Waals surface area contributed by atoms with Gasteiger partial charge >= 0.3 is 12.0 Å². The summed E-state index contributed by atoms with van der Waals surface area (Å²) < 4.78 is 10.4. The first kappa shape index (κ1) is 21.6. The van der Waals surface area contributed by atoms with Crippen molar-refractivity contribution >= 4 is 17.6 Å². The number of benzene rings is 2. The van der Waals surface area contributed by atoms with Crippen LogP contribution in [0.5, 0.6) is 5.75 Å². The van der Waals surface area contributed by atoms with Gasteiger partial charge in [0, 0.05) is 25.3 Å². The van der Waals surface area contributed by atoms with Crippen LogP contribution in [0.4, 0.5) is 4.79 Å². The molecule has 0 radical (unpaired) electrons. The number of nitrogens with one attached hydrogen (secondary N) is 2. The highest BCUT2D eigenvalue weighted by atomic mass is 16.5. The predicted octanol–water partition coefficient (Wildman–Crippen LogP) is 3.27. The van der Waals surface area contributed by atoms with Crippen molar-refractivity contribution < 1.29 is 19.1 Å². The van der Waals surface area contributed by atoms with Crippen LogP contribution >= 0.6 is 0 Å². The molecule has 2 N–H and O–H groups in total. The third kappa shape index (κ3) is 4.68. The molecule has 32 heavy (non-hydrogen) atoms. The van der Waals surface area contributed by atoms with Crippen molar-refractivity contribution in [2.75, 3.05) is 33.9 Å². The summed E-state index contributed by atoms with van der Waals surface area (Å²) in [5.41, 5.74) is 4.26. The van der Waals surface area contributed by atoms with E-state index in [1.165, 1.54) is 18.2 Å². The smallest absolute Gasteiger partial charge is 0.338 e. The molecule has 2 aromatic rings. The van der Waals surface area contributed by atoms with Crippen molar-refractivity contribution in [3.8, 4) is 5.75 Å². The number of carbonyl (C=O) groups excluding carboxylic acids is 2. The van der Waals surface area contributed by atoms with Gasteiger partial charge in [0.05, 0.1) is 25.8 Å². The Morgan fingerprint density at radius 3 is 2.62 bits per heavy atom. The van der Waals surface area contributed by atoms with Gasteiger partial charge in [-0.05, 0) is 35.3 Å². The van der Waals surface area contributed by atoms with Crippen LogP contribution in [0.1, 0.15) is 23.6 Å². The zero-order valence-electron chi connectivity index (χ0n) is 18.3. The molecule has 0 aliphatic carbocycles. The molecule has 7 heteroatoms. The van der Waals surface area contributed by atoms with Gasteiger partial charge in [-0.2, -0.15) is 0 Å². The highest BCUT2D eigenvalue weighted by Crippen LogP contribution is 2.30. The number of ether oxygens (including phenoxy) is 2. The lowest BCUT2D eigenvalue weighted by atomic mass is 9.94. The Bertz CT molecular complexity index is 1060. The molecule has 2 aliphatic rings. The number of methoxy groups -OCH3 is 2. The Kier molecular flexibility index (Phi) is 6.56. The van der Waals surface area contributed by atoms with Gasteiger partial charge in [0.2, 0.25) is 0 Å². The summed E-state index contributed by atoms with van der Waals surface area (Å²) in [4.78, 5) is 27.5. The largest absolute Gasteiger partial charge is 0.497 e. The average molecular weight is 434 g/mol. The minimum Gasteiger partial charge on any atom is -0.497 e. The quantitative estimate of drug-likeness (QED) is 0.684. The summed E-state index contributed by atoms with van der Waals surface area (Å²) in [7, 11) is 2.93. The molecule has 2 aromatic carbocycles. The Morgan fingerprint density at radius 2 is 1.94 bits per heavy atom. The maximum absolute atomic E-state index is 12.8. The number of rotatable bonds is 6. The van der Waals surface area contributed by atoms with Gasteiger partial charge in [0.15, 0.2) is 0 Å². The van der Waals surface area contributed by atoms with Gasteiger partial charge in [-0.25, -0.2) is 9.59 Å². The van der Waals surface area contributed by atoms with E-state index in [1.807, 2.05) is 42.5 Å². The third-order valence-electron chi connectivity index (χ3n) is 5.81. The predicted molar refractivity (Wildman–Crippen MR) is 122 cm³/mol. The normalized spacial score (nSPS) is 19.0. The van der Waals surface area contributed by atoms with E-state index in [0.29, 0.717) is 23.6 Å². The van der Waals surface area contributed by atoms with Crippen molar-refractivity contribution in [3.05, 3.63) is 83.1 Å². The topological polar surface area (TPSA) is 79.9 Å². The molecule has 1 atom stereocenters. The number of urea groups is 1. The second kappa shape index (κ2) is 9.70. The van der Waals surface area contributed by atoms with Gasteiger partial charge in [0.1, 0.15) is 5.75 Å². The SMILES string of the molecule is COC(=O)C1=C(CN2CC=C(c3ccccc3)CC2)NC(=O)N[C@@H]1c1cccc(OC)c1. The minimum atomic E-state index is -0.624. The van der Waals surface area contributed by atoms with Crippen LogP contribution in [0.2, 0.25) is 0 Å². The van der Waals surface area contributed by atoms with Crippen LogP contribution in [0.25, 0.3) is 5.57 Å². The molecule has 0 unspecified atom stereocenters. The summed E-state index contributed by atoms with van der Waals surface area (Å²) >= 11 is 0. The highest BCUT2D eigenvalue weighted by molar-refractivity contribution is 5.95. The molecule has 0 fully saturated rings. The maximum Gasteiger partial charge on any atom is 0.338 e. The van der Waals surface area contributed by atoms with Crippen molar-refractivity contribution in [1.82, 2.24) is 15.5 Å². The van der Waals surface area contributed by atoms with Crippen LogP contribution in [0.15, 0.2) is 71.9 Å². The van der Waals surface area contributed by atoms with Crippen LogP contribution in [0, 0.1) is 0 Å². The van der Waals surface area contributed by atoms with Crippen LogP contribution in [0.3, 0.4) is 0 Å². The second-order valence-corrected chi connectivity index (χ2v) is 7.77. The number of carbonyl (C=O) groups is 2. The lowest BCUT2D eigenvalue weighted by Gasteiger charge is -2.33.